The van der Waals surface area contributed by atoms with Crippen LogP contribution in [0.1, 0.15) is 22.8 Å². The van der Waals surface area contributed by atoms with E-state index in [0.717, 1.165) is 26.8 Å². The molecule has 0 spiro atoms. The lowest BCUT2D eigenvalue weighted by Gasteiger charge is -2.17. The van der Waals surface area contributed by atoms with Crippen LogP contribution in [0.15, 0.2) is 11.6 Å². The highest BCUT2D eigenvalue weighted by molar-refractivity contribution is 7.16. The van der Waals surface area contributed by atoms with Crippen LogP contribution in [0.3, 0.4) is 0 Å². The number of amides is 1. The molecule has 0 saturated heterocycles. The Kier molecular flexibility index (Phi) is 4.23. The van der Waals surface area contributed by atoms with Crippen LogP contribution >= 0.6 is 11.3 Å². The van der Waals surface area contributed by atoms with Crippen LogP contribution in [0, 0.1) is 11.8 Å². The Balaban J connectivity index is 1.59. The van der Waals surface area contributed by atoms with E-state index < -0.39 is 54.6 Å². The molecular formula is C15H12F6N4O2S. The van der Waals surface area contributed by atoms with Crippen molar-refractivity contribution in [3.05, 3.63) is 28.0 Å². The highest BCUT2D eigenvalue weighted by Crippen LogP contribution is 2.54. The maximum absolute atomic E-state index is 13.3. The third-order valence-corrected chi connectivity index (χ3v) is 5.66. The number of fused-ring (bicyclic) bond motifs is 1. The lowest BCUT2D eigenvalue weighted by molar-refractivity contribution is -0.150. The van der Waals surface area contributed by atoms with Crippen molar-refractivity contribution in [3.63, 3.8) is 0 Å². The second kappa shape index (κ2) is 6.17. The molecule has 3 heterocycles. The Morgan fingerprint density at radius 2 is 1.96 bits per heavy atom. The number of carbonyl (C=O) groups excluding carboxylic acids is 1. The Morgan fingerprint density at radius 1 is 1.25 bits per heavy atom. The van der Waals surface area contributed by atoms with Gasteiger partial charge in [0.25, 0.3) is 0 Å². The van der Waals surface area contributed by atoms with Gasteiger partial charge in [-0.2, -0.15) is 31.4 Å². The Labute approximate surface area is 157 Å². The average Bonchev–Trinajstić information content (AvgIpc) is 3.02. The number of hydrogen-bond acceptors (Lipinski definition) is 5. The minimum Gasteiger partial charge on any atom is -0.389 e. The normalized spacial score (nSPS) is 23.0. The molecule has 1 aliphatic heterocycles. The summed E-state index contributed by atoms with van der Waals surface area (Å²) in [5, 5.41) is 13.1. The molecule has 0 aromatic carbocycles. The number of aliphatic hydroxyl groups is 1. The first-order valence-corrected chi connectivity index (χ1v) is 8.92. The number of alkyl halides is 6. The van der Waals surface area contributed by atoms with Crippen LogP contribution in [-0.2, 0) is 24.1 Å². The zero-order valence-corrected chi connectivity index (χ0v) is 14.7. The number of halogens is 6. The Morgan fingerprint density at radius 3 is 2.54 bits per heavy atom. The van der Waals surface area contributed by atoms with Crippen molar-refractivity contribution >= 4 is 22.2 Å². The molecule has 2 aromatic rings. The quantitative estimate of drug-likeness (QED) is 0.764. The predicted molar refractivity (Wildman–Crippen MR) is 82.9 cm³/mol. The summed E-state index contributed by atoms with van der Waals surface area (Å²) in [6.45, 7) is -1.16. The maximum Gasteiger partial charge on any atom is 0.435 e. The molecule has 6 nitrogen and oxygen atoms in total. The first kappa shape index (κ1) is 19.2. The maximum atomic E-state index is 13.3. The smallest absolute Gasteiger partial charge is 0.389 e. The first-order chi connectivity index (χ1) is 13.0. The van der Waals surface area contributed by atoms with Crippen LogP contribution in [0.4, 0.5) is 26.3 Å². The van der Waals surface area contributed by atoms with Gasteiger partial charge in [0.05, 0.1) is 24.8 Å². The highest BCUT2D eigenvalue weighted by atomic mass is 32.1. The second-order valence-corrected chi connectivity index (χ2v) is 7.70. The van der Waals surface area contributed by atoms with Gasteiger partial charge in [-0.25, -0.2) is 9.50 Å². The SMILES string of the molecule is O=C1C=C([C@@H]2C[C@H]2C(F)(F)F)CN1Cc1c(C(F)(F)F)nc2sc(CO)nn12. The van der Waals surface area contributed by atoms with Gasteiger partial charge in [-0.05, 0) is 17.9 Å². The molecule has 4 rings (SSSR count). The van der Waals surface area contributed by atoms with Crippen LogP contribution in [0.5, 0.6) is 0 Å². The predicted octanol–water partition coefficient (Wildman–Crippen LogP) is 2.77. The van der Waals surface area contributed by atoms with Crippen LogP contribution in [-0.4, -0.2) is 43.2 Å². The van der Waals surface area contributed by atoms with E-state index in [-0.39, 0.29) is 28.5 Å². The summed E-state index contributed by atoms with van der Waals surface area (Å²) >= 11 is 0.775. The van der Waals surface area contributed by atoms with E-state index in [1.54, 1.807) is 0 Å². The molecule has 1 amide bonds. The van der Waals surface area contributed by atoms with Crippen LogP contribution in [0.25, 0.3) is 4.96 Å². The standard InChI is InChI=1S/C15H12F6N4O2S/c16-14(17,18)8-2-7(8)6-1-11(27)24(3-6)4-9-12(15(19,20)21)22-13-25(9)23-10(5-26)28-13/h1,7-8,26H,2-5H2/t7-,8+/m0/s1. The molecule has 0 unspecified atom stereocenters. The van der Waals surface area contributed by atoms with Gasteiger partial charge in [0.2, 0.25) is 10.9 Å². The molecule has 2 atom stereocenters. The van der Waals surface area contributed by atoms with Gasteiger partial charge in [0.15, 0.2) is 5.69 Å². The molecule has 2 aliphatic rings. The van der Waals surface area contributed by atoms with Crippen molar-refractivity contribution < 1.29 is 36.2 Å². The van der Waals surface area contributed by atoms with E-state index in [4.69, 9.17) is 5.11 Å². The van der Waals surface area contributed by atoms with E-state index in [1.807, 2.05) is 0 Å². The fourth-order valence-electron chi connectivity index (χ4n) is 3.36. The fourth-order valence-corrected chi connectivity index (χ4v) is 4.13. The summed E-state index contributed by atoms with van der Waals surface area (Å²) < 4.78 is 79.1. The molecule has 1 fully saturated rings. The molecule has 28 heavy (non-hydrogen) atoms. The van der Waals surface area contributed by atoms with Crippen molar-refractivity contribution in [2.45, 2.75) is 31.9 Å². The number of carbonyl (C=O) groups is 1. The topological polar surface area (TPSA) is 70.7 Å². The molecule has 1 saturated carbocycles. The molecule has 1 N–H and O–H groups in total. The first-order valence-electron chi connectivity index (χ1n) is 8.10. The van der Waals surface area contributed by atoms with Gasteiger partial charge < -0.3 is 10.0 Å². The van der Waals surface area contributed by atoms with E-state index in [0.29, 0.717) is 0 Å². The average molecular weight is 426 g/mol. The second-order valence-electron chi connectivity index (χ2n) is 6.66. The summed E-state index contributed by atoms with van der Waals surface area (Å²) in [6.07, 6.45) is -8.20. The van der Waals surface area contributed by atoms with E-state index >= 15 is 0 Å². The summed E-state index contributed by atoms with van der Waals surface area (Å²) in [4.78, 5) is 16.6. The van der Waals surface area contributed by atoms with Crippen molar-refractivity contribution in [3.8, 4) is 0 Å². The van der Waals surface area contributed by atoms with Gasteiger partial charge in [-0.15, -0.1) is 0 Å². The molecular weight excluding hydrogens is 414 g/mol. The Bertz CT molecular complexity index is 976. The van der Waals surface area contributed by atoms with Crippen molar-refractivity contribution in [1.29, 1.82) is 0 Å². The van der Waals surface area contributed by atoms with Gasteiger partial charge in [-0.1, -0.05) is 11.3 Å². The molecule has 0 bridgehead atoms. The third-order valence-electron chi connectivity index (χ3n) is 4.76. The number of imidazole rings is 1. The lowest BCUT2D eigenvalue weighted by atomic mass is 10.1. The number of aromatic nitrogens is 3. The minimum absolute atomic E-state index is 0.0921. The largest absolute Gasteiger partial charge is 0.435 e. The fraction of sp³-hybridized carbons (Fsp3) is 0.533. The number of aliphatic hydroxyl groups excluding tert-OH is 1. The van der Waals surface area contributed by atoms with Crippen LogP contribution in [0.2, 0.25) is 0 Å². The zero-order chi connectivity index (χ0) is 20.4. The zero-order valence-electron chi connectivity index (χ0n) is 13.9. The number of nitrogens with zero attached hydrogens (tertiary/aromatic N) is 4. The van der Waals surface area contributed by atoms with Gasteiger partial charge >= 0.3 is 12.4 Å². The molecule has 152 valence electrons. The highest BCUT2D eigenvalue weighted by Gasteiger charge is 2.57. The molecule has 2 aromatic heterocycles. The third kappa shape index (κ3) is 3.26. The monoisotopic (exact) mass is 426 g/mol. The van der Waals surface area contributed by atoms with Crippen molar-refractivity contribution in [2.24, 2.45) is 11.8 Å². The van der Waals surface area contributed by atoms with Crippen molar-refractivity contribution in [1.82, 2.24) is 19.5 Å². The summed E-state index contributed by atoms with van der Waals surface area (Å²) in [7, 11) is 0. The van der Waals surface area contributed by atoms with E-state index in [9.17, 15) is 31.1 Å². The van der Waals surface area contributed by atoms with Crippen molar-refractivity contribution in [2.75, 3.05) is 6.54 Å². The number of hydrogen-bond donors (Lipinski definition) is 1. The van der Waals surface area contributed by atoms with Gasteiger partial charge in [-0.3, -0.25) is 4.79 Å². The minimum atomic E-state index is -4.79. The van der Waals surface area contributed by atoms with Gasteiger partial charge in [0.1, 0.15) is 5.01 Å². The number of rotatable bonds is 4. The molecule has 13 heteroatoms. The Hall–Kier alpha value is -2.15. The van der Waals surface area contributed by atoms with Crippen LogP contribution < -0.4 is 0 Å². The van der Waals surface area contributed by atoms with E-state index in [1.165, 1.54) is 0 Å². The van der Waals surface area contributed by atoms with E-state index in [2.05, 4.69) is 10.1 Å². The summed E-state index contributed by atoms with van der Waals surface area (Å²) in [5.74, 6) is -2.96. The lowest BCUT2D eigenvalue weighted by Crippen LogP contribution is -2.28. The molecule has 1 aliphatic carbocycles. The van der Waals surface area contributed by atoms with Gasteiger partial charge in [0, 0.05) is 12.6 Å². The summed E-state index contributed by atoms with van der Waals surface area (Å²) in [5.41, 5.74) is -1.34. The molecule has 0 radical (unpaired) electrons. The summed E-state index contributed by atoms with van der Waals surface area (Å²) in [6, 6.07) is 0.